The average molecular weight is 321 g/mol. The van der Waals surface area contributed by atoms with E-state index in [1.807, 2.05) is 0 Å². The molecular weight excluding hydrogens is 301 g/mol. The topological polar surface area (TPSA) is 71.7 Å². The average Bonchev–Trinajstić information content (AvgIpc) is 2.97. The van der Waals surface area contributed by atoms with Crippen molar-refractivity contribution in [3.05, 3.63) is 59.3 Å². The number of carbonyl (C=O) groups is 1. The summed E-state index contributed by atoms with van der Waals surface area (Å²) in [5, 5.41) is 13.5. The molecule has 23 heavy (non-hydrogen) atoms. The van der Waals surface area contributed by atoms with Gasteiger partial charge in [-0.3, -0.25) is 0 Å². The second-order valence-electron chi connectivity index (χ2n) is 5.37. The standard InChI is InChI=1S/C17H20FNO4/c1-3-22-16(20)15-9-8-14(23-15)10-19-11-17(2,21)12-4-6-13(18)7-5-12/h4-9,19,21H,3,10-11H2,1-2H3. The molecule has 2 rings (SSSR count). The van der Waals surface area contributed by atoms with E-state index in [1.165, 1.54) is 12.1 Å². The Kier molecular flexibility index (Phi) is 5.52. The zero-order valence-corrected chi connectivity index (χ0v) is 13.1. The van der Waals surface area contributed by atoms with Crippen LogP contribution in [0.25, 0.3) is 0 Å². The van der Waals surface area contributed by atoms with Gasteiger partial charge in [-0.1, -0.05) is 12.1 Å². The highest BCUT2D eigenvalue weighted by Crippen LogP contribution is 2.20. The number of furan rings is 1. The lowest BCUT2D eigenvalue weighted by Gasteiger charge is -2.24. The van der Waals surface area contributed by atoms with E-state index in [-0.39, 0.29) is 24.7 Å². The number of carbonyl (C=O) groups excluding carboxylic acids is 1. The molecular formula is C17H20FNO4. The van der Waals surface area contributed by atoms with Crippen LogP contribution < -0.4 is 5.32 Å². The van der Waals surface area contributed by atoms with E-state index in [0.717, 1.165) is 0 Å². The Hall–Kier alpha value is -2.18. The van der Waals surface area contributed by atoms with Crippen molar-refractivity contribution >= 4 is 5.97 Å². The van der Waals surface area contributed by atoms with Crippen molar-refractivity contribution in [3.8, 4) is 0 Å². The summed E-state index contributed by atoms with van der Waals surface area (Å²) in [5.74, 6) is -0.145. The fraction of sp³-hybridized carbons (Fsp3) is 0.353. The molecule has 2 N–H and O–H groups in total. The third kappa shape index (κ3) is 4.64. The first-order valence-corrected chi connectivity index (χ1v) is 7.37. The van der Waals surface area contributed by atoms with Gasteiger partial charge in [0.1, 0.15) is 11.6 Å². The lowest BCUT2D eigenvalue weighted by molar-refractivity contribution is 0.0482. The van der Waals surface area contributed by atoms with Gasteiger partial charge in [0, 0.05) is 6.54 Å². The number of hydrogen-bond acceptors (Lipinski definition) is 5. The maximum atomic E-state index is 12.9. The Morgan fingerprint density at radius 1 is 1.30 bits per heavy atom. The predicted octanol–water partition coefficient (Wildman–Crippen LogP) is 2.59. The molecule has 124 valence electrons. The molecule has 1 aromatic heterocycles. The minimum absolute atomic E-state index is 0.147. The molecule has 0 saturated heterocycles. The van der Waals surface area contributed by atoms with Crippen molar-refractivity contribution in [3.63, 3.8) is 0 Å². The summed E-state index contributed by atoms with van der Waals surface area (Å²) in [6, 6.07) is 8.93. The minimum atomic E-state index is -1.15. The predicted molar refractivity (Wildman–Crippen MR) is 82.3 cm³/mol. The molecule has 0 spiro atoms. The fourth-order valence-electron chi connectivity index (χ4n) is 2.12. The summed E-state index contributed by atoms with van der Waals surface area (Å²) >= 11 is 0. The normalized spacial score (nSPS) is 13.6. The molecule has 5 nitrogen and oxygen atoms in total. The molecule has 0 saturated carbocycles. The molecule has 1 aromatic carbocycles. The van der Waals surface area contributed by atoms with Crippen molar-refractivity contribution in [1.82, 2.24) is 5.32 Å². The van der Waals surface area contributed by atoms with Crippen LogP contribution in [0.15, 0.2) is 40.8 Å². The van der Waals surface area contributed by atoms with Crippen LogP contribution in [0.1, 0.15) is 35.7 Å². The van der Waals surface area contributed by atoms with Crippen molar-refractivity contribution in [2.24, 2.45) is 0 Å². The van der Waals surface area contributed by atoms with Crippen LogP contribution in [0.5, 0.6) is 0 Å². The van der Waals surface area contributed by atoms with E-state index in [0.29, 0.717) is 17.9 Å². The van der Waals surface area contributed by atoms with Gasteiger partial charge in [-0.2, -0.15) is 0 Å². The number of rotatable bonds is 7. The summed E-state index contributed by atoms with van der Waals surface area (Å²) in [5.41, 5.74) is -0.539. The van der Waals surface area contributed by atoms with Crippen LogP contribution in [0.3, 0.4) is 0 Å². The summed E-state index contributed by atoms with van der Waals surface area (Å²) < 4.78 is 23.1. The lowest BCUT2D eigenvalue weighted by Crippen LogP contribution is -2.35. The second kappa shape index (κ2) is 7.39. The maximum Gasteiger partial charge on any atom is 0.374 e. The Morgan fingerprint density at radius 2 is 2.00 bits per heavy atom. The fourth-order valence-corrected chi connectivity index (χ4v) is 2.12. The molecule has 0 radical (unpaired) electrons. The van der Waals surface area contributed by atoms with Gasteiger partial charge in [-0.15, -0.1) is 0 Å². The van der Waals surface area contributed by atoms with Crippen LogP contribution in [0, 0.1) is 5.82 Å². The van der Waals surface area contributed by atoms with Gasteiger partial charge in [0.25, 0.3) is 0 Å². The van der Waals surface area contributed by atoms with Gasteiger partial charge >= 0.3 is 5.97 Å². The molecule has 0 amide bonds. The van der Waals surface area contributed by atoms with E-state index in [1.54, 1.807) is 38.1 Å². The number of aliphatic hydroxyl groups is 1. The van der Waals surface area contributed by atoms with E-state index in [9.17, 15) is 14.3 Å². The Bertz CT molecular complexity index is 649. The van der Waals surface area contributed by atoms with Crippen LogP contribution in [0.4, 0.5) is 4.39 Å². The van der Waals surface area contributed by atoms with Crippen LogP contribution in [-0.2, 0) is 16.9 Å². The molecule has 0 aliphatic rings. The van der Waals surface area contributed by atoms with E-state index in [4.69, 9.17) is 9.15 Å². The van der Waals surface area contributed by atoms with Crippen molar-refractivity contribution in [2.75, 3.05) is 13.2 Å². The third-order valence-corrected chi connectivity index (χ3v) is 3.37. The van der Waals surface area contributed by atoms with Crippen molar-refractivity contribution in [2.45, 2.75) is 26.0 Å². The Labute approximate surface area is 134 Å². The molecule has 1 atom stereocenters. The first-order chi connectivity index (χ1) is 10.9. The monoisotopic (exact) mass is 321 g/mol. The minimum Gasteiger partial charge on any atom is -0.460 e. The number of esters is 1. The van der Waals surface area contributed by atoms with Gasteiger partial charge in [-0.25, -0.2) is 9.18 Å². The third-order valence-electron chi connectivity index (χ3n) is 3.37. The van der Waals surface area contributed by atoms with Crippen LogP contribution >= 0.6 is 0 Å². The molecule has 1 unspecified atom stereocenters. The van der Waals surface area contributed by atoms with Gasteiger partial charge < -0.3 is 19.6 Å². The van der Waals surface area contributed by atoms with Gasteiger partial charge in [0.05, 0.1) is 18.8 Å². The first kappa shape index (κ1) is 17.2. The molecule has 1 heterocycles. The van der Waals surface area contributed by atoms with Crippen molar-refractivity contribution < 1.29 is 23.4 Å². The zero-order chi connectivity index (χ0) is 16.9. The number of nitrogens with one attached hydrogen (secondary N) is 1. The lowest BCUT2D eigenvalue weighted by atomic mass is 9.96. The smallest absolute Gasteiger partial charge is 0.374 e. The Morgan fingerprint density at radius 3 is 2.65 bits per heavy atom. The zero-order valence-electron chi connectivity index (χ0n) is 13.1. The van der Waals surface area contributed by atoms with Crippen LogP contribution in [-0.4, -0.2) is 24.2 Å². The van der Waals surface area contributed by atoms with E-state index >= 15 is 0 Å². The molecule has 0 bridgehead atoms. The summed E-state index contributed by atoms with van der Waals surface area (Å²) in [4.78, 5) is 11.5. The second-order valence-corrected chi connectivity index (χ2v) is 5.37. The van der Waals surface area contributed by atoms with Crippen LogP contribution in [0.2, 0.25) is 0 Å². The maximum absolute atomic E-state index is 12.9. The number of ether oxygens (including phenoxy) is 1. The summed E-state index contributed by atoms with van der Waals surface area (Å²) in [7, 11) is 0. The number of halogens is 1. The first-order valence-electron chi connectivity index (χ1n) is 7.37. The largest absolute Gasteiger partial charge is 0.460 e. The highest BCUT2D eigenvalue weighted by Gasteiger charge is 2.22. The van der Waals surface area contributed by atoms with E-state index in [2.05, 4.69) is 5.32 Å². The molecule has 6 heteroatoms. The molecule has 0 aliphatic heterocycles. The van der Waals surface area contributed by atoms with Gasteiger partial charge in [0.2, 0.25) is 5.76 Å². The SMILES string of the molecule is CCOC(=O)c1ccc(CNCC(C)(O)c2ccc(F)cc2)o1. The summed E-state index contributed by atoms with van der Waals surface area (Å²) in [6.07, 6.45) is 0. The summed E-state index contributed by atoms with van der Waals surface area (Å²) in [6.45, 7) is 4.23. The van der Waals surface area contributed by atoms with Gasteiger partial charge in [0.15, 0.2) is 0 Å². The Balaban J connectivity index is 1.89. The highest BCUT2D eigenvalue weighted by atomic mass is 19.1. The highest BCUT2D eigenvalue weighted by molar-refractivity contribution is 5.86. The number of hydrogen-bond donors (Lipinski definition) is 2. The van der Waals surface area contributed by atoms with Crippen molar-refractivity contribution in [1.29, 1.82) is 0 Å². The molecule has 0 fully saturated rings. The quantitative estimate of drug-likeness (QED) is 0.767. The molecule has 2 aromatic rings. The number of benzene rings is 1. The molecule has 0 aliphatic carbocycles. The van der Waals surface area contributed by atoms with Gasteiger partial charge in [-0.05, 0) is 43.7 Å². The van der Waals surface area contributed by atoms with E-state index < -0.39 is 11.6 Å².